The topological polar surface area (TPSA) is 67.8 Å². The summed E-state index contributed by atoms with van der Waals surface area (Å²) in [7, 11) is 2.90. The fraction of sp³-hybridized carbons (Fsp3) is 0.875. The first-order chi connectivity index (χ1) is 6.20. The molecule has 5 heteroatoms. The van der Waals surface area contributed by atoms with E-state index < -0.39 is 6.10 Å². The summed E-state index contributed by atoms with van der Waals surface area (Å²) in [4.78, 5) is 10.6. The summed E-state index contributed by atoms with van der Waals surface area (Å²) in [5.41, 5.74) is 0. The van der Waals surface area contributed by atoms with E-state index in [0.29, 0.717) is 19.6 Å². The highest BCUT2D eigenvalue weighted by Crippen LogP contribution is 1.89. The number of ether oxygens (including phenoxy) is 2. The molecular formula is C8H17NO4. The number of hydrogen-bond donors (Lipinski definition) is 2. The molecule has 0 amide bonds. The summed E-state index contributed by atoms with van der Waals surface area (Å²) >= 11 is 0. The van der Waals surface area contributed by atoms with Gasteiger partial charge in [-0.15, -0.1) is 0 Å². The molecule has 0 bridgehead atoms. The number of aliphatic hydroxyl groups is 1. The molecule has 0 aromatic heterocycles. The summed E-state index contributed by atoms with van der Waals surface area (Å²) in [5.74, 6) is -0.334. The third kappa shape index (κ3) is 7.70. The largest absolute Gasteiger partial charge is 0.468 e. The molecule has 0 radical (unpaired) electrons. The molecule has 0 aliphatic heterocycles. The van der Waals surface area contributed by atoms with Crippen molar-refractivity contribution in [1.82, 2.24) is 5.32 Å². The summed E-state index contributed by atoms with van der Waals surface area (Å²) in [5, 5.41) is 12.0. The average molecular weight is 191 g/mol. The van der Waals surface area contributed by atoms with Crippen molar-refractivity contribution < 1.29 is 19.4 Å². The lowest BCUT2D eigenvalue weighted by Gasteiger charge is -2.09. The lowest BCUT2D eigenvalue weighted by molar-refractivity contribution is -0.139. The molecule has 5 nitrogen and oxygen atoms in total. The standard InChI is InChI=1S/C8H17NO4/c1-12-4-3-7(10)5-9-6-8(11)13-2/h7,9-10H,3-6H2,1-2H3. The molecule has 0 heterocycles. The second-order valence-corrected chi connectivity index (χ2v) is 2.64. The van der Waals surface area contributed by atoms with Crippen LogP contribution in [0.2, 0.25) is 0 Å². The van der Waals surface area contributed by atoms with E-state index in [2.05, 4.69) is 10.1 Å². The predicted molar refractivity (Wildman–Crippen MR) is 47.4 cm³/mol. The van der Waals surface area contributed by atoms with Crippen molar-refractivity contribution >= 4 is 5.97 Å². The minimum atomic E-state index is -0.482. The monoisotopic (exact) mass is 191 g/mol. The van der Waals surface area contributed by atoms with E-state index >= 15 is 0 Å². The van der Waals surface area contributed by atoms with Crippen molar-refractivity contribution in [3.8, 4) is 0 Å². The molecule has 0 aromatic carbocycles. The molecule has 0 spiro atoms. The lowest BCUT2D eigenvalue weighted by atomic mass is 10.2. The van der Waals surface area contributed by atoms with Crippen LogP contribution in [0.25, 0.3) is 0 Å². The number of nitrogens with one attached hydrogen (secondary N) is 1. The van der Waals surface area contributed by atoms with Crippen molar-refractivity contribution in [1.29, 1.82) is 0 Å². The van der Waals surface area contributed by atoms with Crippen LogP contribution in [-0.2, 0) is 14.3 Å². The average Bonchev–Trinajstić information content (AvgIpc) is 2.14. The first kappa shape index (κ1) is 12.3. The fourth-order valence-electron chi connectivity index (χ4n) is 0.769. The number of methoxy groups -OCH3 is 2. The summed E-state index contributed by atoms with van der Waals surface area (Å²) in [6.07, 6.45) is 0.0783. The lowest BCUT2D eigenvalue weighted by Crippen LogP contribution is -2.32. The zero-order valence-corrected chi connectivity index (χ0v) is 8.08. The van der Waals surface area contributed by atoms with E-state index in [0.717, 1.165) is 0 Å². The Hall–Kier alpha value is -0.650. The van der Waals surface area contributed by atoms with E-state index in [9.17, 15) is 9.90 Å². The van der Waals surface area contributed by atoms with E-state index in [1.54, 1.807) is 7.11 Å². The fourth-order valence-corrected chi connectivity index (χ4v) is 0.769. The smallest absolute Gasteiger partial charge is 0.319 e. The van der Waals surface area contributed by atoms with Gasteiger partial charge in [0.15, 0.2) is 0 Å². The summed E-state index contributed by atoms with van der Waals surface area (Å²) < 4.78 is 9.19. The quantitative estimate of drug-likeness (QED) is 0.513. The van der Waals surface area contributed by atoms with Crippen LogP contribution in [0, 0.1) is 0 Å². The zero-order chi connectivity index (χ0) is 10.1. The minimum absolute atomic E-state index is 0.126. The Morgan fingerprint density at radius 2 is 2.23 bits per heavy atom. The minimum Gasteiger partial charge on any atom is -0.468 e. The summed E-state index contributed by atoms with van der Waals surface area (Å²) in [6.45, 7) is 1.01. The van der Waals surface area contributed by atoms with Crippen LogP contribution in [0.3, 0.4) is 0 Å². The molecule has 0 aromatic rings. The molecule has 13 heavy (non-hydrogen) atoms. The van der Waals surface area contributed by atoms with Crippen LogP contribution in [0.5, 0.6) is 0 Å². The maximum atomic E-state index is 10.6. The number of hydrogen-bond acceptors (Lipinski definition) is 5. The van der Waals surface area contributed by atoms with Gasteiger partial charge in [0.1, 0.15) is 0 Å². The Kier molecular flexibility index (Phi) is 7.57. The highest BCUT2D eigenvalue weighted by atomic mass is 16.5. The van der Waals surface area contributed by atoms with E-state index in [1.807, 2.05) is 0 Å². The molecule has 0 saturated carbocycles. The first-order valence-electron chi connectivity index (χ1n) is 4.15. The van der Waals surface area contributed by atoms with E-state index in [-0.39, 0.29) is 12.5 Å². The Morgan fingerprint density at radius 3 is 2.77 bits per heavy atom. The van der Waals surface area contributed by atoms with Crippen LogP contribution in [0.4, 0.5) is 0 Å². The molecule has 1 unspecified atom stereocenters. The van der Waals surface area contributed by atoms with Gasteiger partial charge in [-0.25, -0.2) is 0 Å². The molecule has 2 N–H and O–H groups in total. The summed E-state index contributed by atoms with van der Waals surface area (Å²) in [6, 6.07) is 0. The van der Waals surface area contributed by atoms with Crippen LogP contribution in [-0.4, -0.2) is 51.1 Å². The first-order valence-corrected chi connectivity index (χ1v) is 4.15. The highest BCUT2D eigenvalue weighted by Gasteiger charge is 2.04. The molecule has 78 valence electrons. The third-order valence-corrected chi connectivity index (χ3v) is 1.53. The van der Waals surface area contributed by atoms with Gasteiger partial charge in [0, 0.05) is 20.3 Å². The third-order valence-electron chi connectivity index (χ3n) is 1.53. The molecule has 0 rings (SSSR count). The van der Waals surface area contributed by atoms with Crippen molar-refractivity contribution in [3.05, 3.63) is 0 Å². The van der Waals surface area contributed by atoms with Crippen molar-refractivity contribution in [2.75, 3.05) is 33.9 Å². The maximum absolute atomic E-state index is 10.6. The van der Waals surface area contributed by atoms with Crippen molar-refractivity contribution in [3.63, 3.8) is 0 Å². The number of esters is 1. The van der Waals surface area contributed by atoms with Gasteiger partial charge < -0.3 is 19.9 Å². The second kappa shape index (κ2) is 7.97. The second-order valence-electron chi connectivity index (χ2n) is 2.64. The molecule has 1 atom stereocenters. The Bertz CT molecular complexity index is 140. The molecule has 0 saturated heterocycles. The van der Waals surface area contributed by atoms with Gasteiger partial charge in [-0.2, -0.15) is 0 Å². The Balaban J connectivity index is 3.26. The molecule has 0 aliphatic rings. The Morgan fingerprint density at radius 1 is 1.54 bits per heavy atom. The zero-order valence-electron chi connectivity index (χ0n) is 8.08. The van der Waals surface area contributed by atoms with Crippen LogP contribution in [0.15, 0.2) is 0 Å². The van der Waals surface area contributed by atoms with Crippen molar-refractivity contribution in [2.45, 2.75) is 12.5 Å². The highest BCUT2D eigenvalue weighted by molar-refractivity contribution is 5.71. The van der Waals surface area contributed by atoms with Gasteiger partial charge in [0.2, 0.25) is 0 Å². The van der Waals surface area contributed by atoms with Gasteiger partial charge in [-0.3, -0.25) is 4.79 Å². The number of carbonyl (C=O) groups excluding carboxylic acids is 1. The van der Waals surface area contributed by atoms with Gasteiger partial charge in [-0.1, -0.05) is 0 Å². The predicted octanol–water partition coefficient (Wildman–Crippen LogP) is -0.854. The van der Waals surface area contributed by atoms with Crippen LogP contribution in [0.1, 0.15) is 6.42 Å². The number of aliphatic hydroxyl groups excluding tert-OH is 1. The Labute approximate surface area is 78.0 Å². The van der Waals surface area contributed by atoms with E-state index in [4.69, 9.17) is 4.74 Å². The van der Waals surface area contributed by atoms with E-state index in [1.165, 1.54) is 7.11 Å². The van der Waals surface area contributed by atoms with Gasteiger partial charge in [0.25, 0.3) is 0 Å². The molecule has 0 aliphatic carbocycles. The number of carbonyl (C=O) groups is 1. The maximum Gasteiger partial charge on any atom is 0.319 e. The van der Waals surface area contributed by atoms with Gasteiger partial charge >= 0.3 is 5.97 Å². The molecular weight excluding hydrogens is 174 g/mol. The van der Waals surface area contributed by atoms with Crippen LogP contribution >= 0.6 is 0 Å². The van der Waals surface area contributed by atoms with Crippen molar-refractivity contribution in [2.24, 2.45) is 0 Å². The van der Waals surface area contributed by atoms with Gasteiger partial charge in [-0.05, 0) is 6.42 Å². The molecule has 0 fully saturated rings. The normalized spacial score (nSPS) is 12.5. The van der Waals surface area contributed by atoms with Crippen LogP contribution < -0.4 is 5.32 Å². The number of rotatable bonds is 7. The SMILES string of the molecule is COCCC(O)CNCC(=O)OC. The van der Waals surface area contributed by atoms with Gasteiger partial charge in [0.05, 0.1) is 19.8 Å².